The Bertz CT molecular complexity index is 488. The maximum absolute atomic E-state index is 2.26. The Morgan fingerprint density at radius 1 is 0.789 bits per heavy atom. The van der Waals surface area contributed by atoms with Crippen molar-refractivity contribution in [3.8, 4) is 11.1 Å². The molecule has 0 radical (unpaired) electrons. The smallest absolute Gasteiger partial charge is 0.00247 e. The molecule has 0 heterocycles. The monoisotopic (exact) mass is 253 g/mol. The van der Waals surface area contributed by atoms with Gasteiger partial charge in [-0.1, -0.05) is 54.6 Å². The molecule has 1 nitrogen and oxygen atoms in total. The molecule has 0 N–H and O–H groups in total. The first-order valence-electron chi connectivity index (χ1n) is 7.05. The predicted molar refractivity (Wildman–Crippen MR) is 83.4 cm³/mol. The molecular weight excluding hydrogens is 230 g/mol. The molecule has 0 saturated carbocycles. The summed E-state index contributed by atoms with van der Waals surface area (Å²) >= 11 is 0. The first kappa shape index (κ1) is 13.8. The summed E-state index contributed by atoms with van der Waals surface area (Å²) in [5.41, 5.74) is 4.17. The topological polar surface area (TPSA) is 3.24 Å². The minimum absolute atomic E-state index is 1.17. The Balaban J connectivity index is 2.05. The summed E-state index contributed by atoms with van der Waals surface area (Å²) in [6.07, 6.45) is 3.68. The minimum atomic E-state index is 1.17. The lowest BCUT2D eigenvalue weighted by molar-refractivity contribution is 0.394. The zero-order valence-corrected chi connectivity index (χ0v) is 12.0. The van der Waals surface area contributed by atoms with E-state index >= 15 is 0 Å². The standard InChI is InChI=1S/C18H23N/c1-19(2)15-9-8-13-17-12-6-7-14-18(17)16-10-4-3-5-11-16/h3-7,10-12,14H,8-9,13,15H2,1-2H3. The fraction of sp³-hybridized carbons (Fsp3) is 0.333. The zero-order valence-electron chi connectivity index (χ0n) is 12.0. The van der Waals surface area contributed by atoms with E-state index in [0.29, 0.717) is 0 Å². The van der Waals surface area contributed by atoms with Gasteiger partial charge in [0.2, 0.25) is 0 Å². The summed E-state index contributed by atoms with van der Waals surface area (Å²) in [5.74, 6) is 0. The van der Waals surface area contributed by atoms with E-state index in [-0.39, 0.29) is 0 Å². The highest BCUT2D eigenvalue weighted by atomic mass is 15.0. The van der Waals surface area contributed by atoms with E-state index in [2.05, 4.69) is 73.6 Å². The second-order valence-electron chi connectivity index (χ2n) is 5.28. The van der Waals surface area contributed by atoms with Gasteiger partial charge in [0.15, 0.2) is 0 Å². The van der Waals surface area contributed by atoms with Crippen LogP contribution in [0.2, 0.25) is 0 Å². The molecule has 2 aromatic rings. The molecule has 0 bridgehead atoms. The second-order valence-corrected chi connectivity index (χ2v) is 5.28. The molecule has 0 unspecified atom stereocenters. The third-order valence-corrected chi connectivity index (χ3v) is 3.40. The van der Waals surface area contributed by atoms with Gasteiger partial charge in [-0.15, -0.1) is 0 Å². The number of hydrogen-bond acceptors (Lipinski definition) is 1. The van der Waals surface area contributed by atoms with E-state index in [1.165, 1.54) is 42.5 Å². The van der Waals surface area contributed by atoms with Gasteiger partial charge in [-0.3, -0.25) is 0 Å². The Morgan fingerprint density at radius 2 is 1.47 bits per heavy atom. The normalized spacial score (nSPS) is 10.9. The van der Waals surface area contributed by atoms with Gasteiger partial charge in [0.1, 0.15) is 0 Å². The fourth-order valence-corrected chi connectivity index (χ4v) is 2.38. The van der Waals surface area contributed by atoms with Gasteiger partial charge < -0.3 is 4.90 Å². The molecule has 100 valence electrons. The van der Waals surface area contributed by atoms with E-state index in [4.69, 9.17) is 0 Å². The van der Waals surface area contributed by atoms with E-state index in [1.807, 2.05) is 0 Å². The Hall–Kier alpha value is -1.60. The highest BCUT2D eigenvalue weighted by Crippen LogP contribution is 2.24. The van der Waals surface area contributed by atoms with Gasteiger partial charge in [-0.25, -0.2) is 0 Å². The van der Waals surface area contributed by atoms with Crippen LogP contribution in [0, 0.1) is 0 Å². The van der Waals surface area contributed by atoms with Crippen molar-refractivity contribution in [3.63, 3.8) is 0 Å². The molecule has 0 aromatic heterocycles. The fourth-order valence-electron chi connectivity index (χ4n) is 2.38. The van der Waals surface area contributed by atoms with E-state index in [0.717, 1.165) is 0 Å². The van der Waals surface area contributed by atoms with Crippen molar-refractivity contribution in [1.82, 2.24) is 4.90 Å². The lowest BCUT2D eigenvalue weighted by atomic mass is 9.96. The van der Waals surface area contributed by atoms with Crippen LogP contribution in [0.3, 0.4) is 0 Å². The maximum atomic E-state index is 2.26. The molecular formula is C18H23N. The third kappa shape index (κ3) is 4.22. The molecule has 0 saturated heterocycles. The maximum Gasteiger partial charge on any atom is -0.00247 e. The van der Waals surface area contributed by atoms with Crippen LogP contribution in [0.4, 0.5) is 0 Å². The average molecular weight is 253 g/mol. The van der Waals surface area contributed by atoms with Crippen LogP contribution in [0.1, 0.15) is 18.4 Å². The van der Waals surface area contributed by atoms with Crippen LogP contribution in [-0.4, -0.2) is 25.5 Å². The molecule has 0 atom stereocenters. The third-order valence-electron chi connectivity index (χ3n) is 3.40. The SMILES string of the molecule is CN(C)CCCCc1ccccc1-c1ccccc1. The van der Waals surface area contributed by atoms with Crippen LogP contribution in [0.5, 0.6) is 0 Å². The van der Waals surface area contributed by atoms with Gasteiger partial charge in [0, 0.05) is 0 Å². The first-order valence-corrected chi connectivity index (χ1v) is 7.05. The molecule has 1 heteroatoms. The van der Waals surface area contributed by atoms with Crippen LogP contribution in [-0.2, 0) is 6.42 Å². The van der Waals surface area contributed by atoms with Gasteiger partial charge in [0.25, 0.3) is 0 Å². The predicted octanol–water partition coefficient (Wildman–Crippen LogP) is 4.24. The summed E-state index contributed by atoms with van der Waals surface area (Å²) in [6.45, 7) is 1.17. The van der Waals surface area contributed by atoms with Crippen LogP contribution >= 0.6 is 0 Å². The van der Waals surface area contributed by atoms with Crippen LogP contribution in [0.15, 0.2) is 54.6 Å². The number of unbranched alkanes of at least 4 members (excludes halogenated alkanes) is 1. The lowest BCUT2D eigenvalue weighted by Gasteiger charge is -2.11. The number of rotatable bonds is 6. The van der Waals surface area contributed by atoms with Gasteiger partial charge in [0.05, 0.1) is 0 Å². The van der Waals surface area contributed by atoms with Crippen molar-refractivity contribution in [1.29, 1.82) is 0 Å². The van der Waals surface area contributed by atoms with Crippen molar-refractivity contribution in [3.05, 3.63) is 60.2 Å². The second kappa shape index (κ2) is 7.10. The van der Waals surface area contributed by atoms with Crippen molar-refractivity contribution in [2.45, 2.75) is 19.3 Å². The number of nitrogens with zero attached hydrogens (tertiary/aromatic N) is 1. The molecule has 2 aromatic carbocycles. The number of hydrogen-bond donors (Lipinski definition) is 0. The first-order chi connectivity index (χ1) is 9.27. The summed E-state index contributed by atoms with van der Waals surface area (Å²) in [7, 11) is 4.27. The Kier molecular flexibility index (Phi) is 5.17. The van der Waals surface area contributed by atoms with Crippen molar-refractivity contribution in [2.24, 2.45) is 0 Å². The lowest BCUT2D eigenvalue weighted by Crippen LogP contribution is -2.12. The largest absolute Gasteiger partial charge is 0.309 e. The number of benzene rings is 2. The molecule has 0 amide bonds. The number of aryl methyl sites for hydroxylation is 1. The molecule has 19 heavy (non-hydrogen) atoms. The summed E-state index contributed by atoms with van der Waals surface area (Å²) < 4.78 is 0. The molecule has 0 aliphatic heterocycles. The van der Waals surface area contributed by atoms with Gasteiger partial charge in [-0.2, -0.15) is 0 Å². The average Bonchev–Trinajstić information content (AvgIpc) is 2.45. The van der Waals surface area contributed by atoms with Crippen molar-refractivity contribution < 1.29 is 0 Å². The van der Waals surface area contributed by atoms with Gasteiger partial charge in [-0.05, 0) is 56.6 Å². The minimum Gasteiger partial charge on any atom is -0.309 e. The molecule has 0 aliphatic carbocycles. The molecule has 0 spiro atoms. The van der Waals surface area contributed by atoms with Crippen LogP contribution < -0.4 is 0 Å². The summed E-state index contributed by atoms with van der Waals surface area (Å²) in [4.78, 5) is 2.25. The molecule has 0 fully saturated rings. The van der Waals surface area contributed by atoms with Crippen molar-refractivity contribution in [2.75, 3.05) is 20.6 Å². The molecule has 0 aliphatic rings. The van der Waals surface area contributed by atoms with Gasteiger partial charge >= 0.3 is 0 Å². The highest BCUT2D eigenvalue weighted by molar-refractivity contribution is 5.67. The quantitative estimate of drug-likeness (QED) is 0.696. The molecule has 2 rings (SSSR count). The highest BCUT2D eigenvalue weighted by Gasteiger charge is 2.03. The summed E-state index contributed by atoms with van der Waals surface area (Å²) in [5, 5.41) is 0. The van der Waals surface area contributed by atoms with E-state index in [1.54, 1.807) is 0 Å². The van der Waals surface area contributed by atoms with Crippen LogP contribution in [0.25, 0.3) is 11.1 Å². The Morgan fingerprint density at radius 3 is 2.21 bits per heavy atom. The zero-order chi connectivity index (χ0) is 13.5. The van der Waals surface area contributed by atoms with E-state index < -0.39 is 0 Å². The van der Waals surface area contributed by atoms with E-state index in [9.17, 15) is 0 Å². The summed E-state index contributed by atoms with van der Waals surface area (Å²) in [6, 6.07) is 19.4. The Labute approximate surface area is 116 Å². The van der Waals surface area contributed by atoms with Crippen molar-refractivity contribution >= 4 is 0 Å².